The molecule has 0 saturated carbocycles. The average Bonchev–Trinajstić information content (AvgIpc) is 2.64. The maximum Gasteiger partial charge on any atom is 0.220 e. The van der Waals surface area contributed by atoms with Gasteiger partial charge < -0.3 is 15.8 Å². The highest BCUT2D eigenvalue weighted by atomic mass is 16.5. The number of carbonyl (C=O) groups is 1. The van der Waals surface area contributed by atoms with Crippen LogP contribution >= 0.6 is 0 Å². The lowest BCUT2D eigenvalue weighted by Gasteiger charge is -2.14. The van der Waals surface area contributed by atoms with E-state index in [9.17, 15) is 4.79 Å². The van der Waals surface area contributed by atoms with Crippen LogP contribution in [0.5, 0.6) is 5.75 Å². The molecule has 0 aliphatic heterocycles. The summed E-state index contributed by atoms with van der Waals surface area (Å²) in [6.45, 7) is 4.77. The van der Waals surface area contributed by atoms with Crippen molar-refractivity contribution in [3.8, 4) is 5.75 Å². The zero-order valence-corrected chi connectivity index (χ0v) is 15.3. The van der Waals surface area contributed by atoms with Gasteiger partial charge >= 0.3 is 0 Å². The molecule has 25 heavy (non-hydrogen) atoms. The van der Waals surface area contributed by atoms with E-state index in [0.717, 1.165) is 16.9 Å². The van der Waals surface area contributed by atoms with Crippen molar-refractivity contribution in [3.05, 3.63) is 65.2 Å². The molecule has 0 aromatic heterocycles. The number of methoxy groups -OCH3 is 1. The van der Waals surface area contributed by atoms with Crippen molar-refractivity contribution in [1.29, 1.82) is 0 Å². The summed E-state index contributed by atoms with van der Waals surface area (Å²) in [7, 11) is 1.64. The highest BCUT2D eigenvalue weighted by Crippen LogP contribution is 2.17. The van der Waals surface area contributed by atoms with Crippen LogP contribution < -0.4 is 15.8 Å². The Bertz CT molecular complexity index is 681. The number of hydrogen-bond acceptors (Lipinski definition) is 3. The van der Waals surface area contributed by atoms with E-state index >= 15 is 0 Å². The van der Waals surface area contributed by atoms with Crippen molar-refractivity contribution in [2.75, 3.05) is 13.7 Å². The molecule has 0 radical (unpaired) electrons. The van der Waals surface area contributed by atoms with E-state index in [4.69, 9.17) is 10.5 Å². The summed E-state index contributed by atoms with van der Waals surface area (Å²) in [4.78, 5) is 12.1. The Kier molecular flexibility index (Phi) is 7.02. The molecule has 0 heterocycles. The van der Waals surface area contributed by atoms with Crippen molar-refractivity contribution >= 4 is 5.91 Å². The summed E-state index contributed by atoms with van der Waals surface area (Å²) in [5, 5.41) is 2.92. The molecule has 3 N–H and O–H groups in total. The van der Waals surface area contributed by atoms with Crippen molar-refractivity contribution in [1.82, 2.24) is 5.32 Å². The number of ether oxygens (including phenoxy) is 1. The molecule has 134 valence electrons. The summed E-state index contributed by atoms with van der Waals surface area (Å²) in [5.41, 5.74) is 9.60. The van der Waals surface area contributed by atoms with Gasteiger partial charge in [-0.25, -0.2) is 0 Å². The monoisotopic (exact) mass is 340 g/mol. The molecule has 4 heteroatoms. The Balaban J connectivity index is 1.78. The molecule has 0 aliphatic rings. The number of nitrogens with one attached hydrogen (secondary N) is 1. The van der Waals surface area contributed by atoms with Gasteiger partial charge in [-0.15, -0.1) is 0 Å². The van der Waals surface area contributed by atoms with Crippen LogP contribution in [0.4, 0.5) is 0 Å². The zero-order chi connectivity index (χ0) is 18.2. The molecule has 0 bridgehead atoms. The SMILES string of the molecule is COc1cccc(CCC(=O)NCC(N)c2ccc(C(C)C)cc2)c1. The average molecular weight is 340 g/mol. The molecule has 2 aromatic rings. The lowest BCUT2D eigenvalue weighted by atomic mass is 9.99. The van der Waals surface area contributed by atoms with E-state index < -0.39 is 0 Å². The Morgan fingerprint density at radius 1 is 1.12 bits per heavy atom. The summed E-state index contributed by atoms with van der Waals surface area (Å²) < 4.78 is 5.20. The number of aryl methyl sites for hydroxylation is 1. The van der Waals surface area contributed by atoms with Gasteiger partial charge in [-0.2, -0.15) is 0 Å². The molecule has 0 spiro atoms. The highest BCUT2D eigenvalue weighted by molar-refractivity contribution is 5.76. The van der Waals surface area contributed by atoms with Gasteiger partial charge in [0.05, 0.1) is 7.11 Å². The van der Waals surface area contributed by atoms with E-state index in [2.05, 4.69) is 31.3 Å². The van der Waals surface area contributed by atoms with Gasteiger partial charge in [0, 0.05) is 19.0 Å². The first-order valence-corrected chi connectivity index (χ1v) is 8.74. The van der Waals surface area contributed by atoms with Crippen LogP contribution in [0.15, 0.2) is 48.5 Å². The number of nitrogens with two attached hydrogens (primary N) is 1. The van der Waals surface area contributed by atoms with Gasteiger partial charge in [-0.05, 0) is 41.2 Å². The van der Waals surface area contributed by atoms with E-state index in [0.29, 0.717) is 25.3 Å². The Morgan fingerprint density at radius 3 is 2.44 bits per heavy atom. The smallest absolute Gasteiger partial charge is 0.220 e. The molecule has 0 aliphatic carbocycles. The van der Waals surface area contributed by atoms with Gasteiger partial charge in [-0.1, -0.05) is 50.2 Å². The molecule has 2 rings (SSSR count). The Morgan fingerprint density at radius 2 is 1.80 bits per heavy atom. The van der Waals surface area contributed by atoms with Crippen LogP contribution in [0.1, 0.15) is 48.9 Å². The second-order valence-corrected chi connectivity index (χ2v) is 6.58. The summed E-state index contributed by atoms with van der Waals surface area (Å²) in [6, 6.07) is 15.9. The van der Waals surface area contributed by atoms with Gasteiger partial charge in [0.1, 0.15) is 5.75 Å². The van der Waals surface area contributed by atoms with Gasteiger partial charge in [0.15, 0.2) is 0 Å². The van der Waals surface area contributed by atoms with Crippen molar-refractivity contribution in [2.24, 2.45) is 5.73 Å². The van der Waals surface area contributed by atoms with Crippen LogP contribution in [0.25, 0.3) is 0 Å². The van der Waals surface area contributed by atoms with Crippen molar-refractivity contribution < 1.29 is 9.53 Å². The third-order valence-electron chi connectivity index (χ3n) is 4.33. The van der Waals surface area contributed by atoms with E-state index in [1.165, 1.54) is 5.56 Å². The number of rotatable bonds is 8. The molecule has 2 aromatic carbocycles. The van der Waals surface area contributed by atoms with E-state index in [1.54, 1.807) is 7.11 Å². The maximum absolute atomic E-state index is 12.1. The lowest BCUT2D eigenvalue weighted by molar-refractivity contribution is -0.121. The summed E-state index contributed by atoms with van der Waals surface area (Å²) in [5.74, 6) is 1.32. The van der Waals surface area contributed by atoms with Crippen molar-refractivity contribution in [2.45, 2.75) is 38.6 Å². The largest absolute Gasteiger partial charge is 0.497 e. The molecular formula is C21H28N2O2. The van der Waals surface area contributed by atoms with Crippen LogP contribution in [-0.4, -0.2) is 19.6 Å². The van der Waals surface area contributed by atoms with Crippen LogP contribution in [0.3, 0.4) is 0 Å². The first kappa shape index (κ1) is 19.0. The maximum atomic E-state index is 12.1. The predicted octanol–water partition coefficient (Wildman–Crippen LogP) is 3.57. The second kappa shape index (κ2) is 9.23. The number of benzene rings is 2. The molecule has 1 atom stereocenters. The zero-order valence-electron chi connectivity index (χ0n) is 15.3. The fraction of sp³-hybridized carbons (Fsp3) is 0.381. The minimum absolute atomic E-state index is 0.0112. The molecule has 1 amide bonds. The Labute approximate surface area is 150 Å². The number of amides is 1. The first-order valence-electron chi connectivity index (χ1n) is 8.74. The van der Waals surface area contributed by atoms with Crippen LogP contribution in [-0.2, 0) is 11.2 Å². The molecular weight excluding hydrogens is 312 g/mol. The van der Waals surface area contributed by atoms with Gasteiger partial charge in [0.25, 0.3) is 0 Å². The summed E-state index contributed by atoms with van der Waals surface area (Å²) >= 11 is 0. The second-order valence-electron chi connectivity index (χ2n) is 6.58. The summed E-state index contributed by atoms with van der Waals surface area (Å²) in [6.07, 6.45) is 1.12. The Hall–Kier alpha value is -2.33. The predicted molar refractivity (Wildman–Crippen MR) is 102 cm³/mol. The highest BCUT2D eigenvalue weighted by Gasteiger charge is 2.09. The molecule has 0 fully saturated rings. The third kappa shape index (κ3) is 5.91. The minimum Gasteiger partial charge on any atom is -0.497 e. The van der Waals surface area contributed by atoms with Crippen LogP contribution in [0.2, 0.25) is 0 Å². The third-order valence-corrected chi connectivity index (χ3v) is 4.33. The van der Waals surface area contributed by atoms with E-state index in [-0.39, 0.29) is 11.9 Å². The quantitative estimate of drug-likeness (QED) is 0.772. The molecule has 0 saturated heterocycles. The van der Waals surface area contributed by atoms with E-state index in [1.807, 2.05) is 36.4 Å². The van der Waals surface area contributed by atoms with Crippen molar-refractivity contribution in [3.63, 3.8) is 0 Å². The molecule has 1 unspecified atom stereocenters. The lowest BCUT2D eigenvalue weighted by Crippen LogP contribution is -2.32. The standard InChI is InChI=1S/C21H28N2O2/c1-15(2)17-8-10-18(11-9-17)20(22)14-23-21(24)12-7-16-5-4-6-19(13-16)25-3/h4-6,8-11,13,15,20H,7,12,14,22H2,1-3H3,(H,23,24). The minimum atomic E-state index is -0.193. The van der Waals surface area contributed by atoms with Gasteiger partial charge in [0.2, 0.25) is 5.91 Å². The number of hydrogen-bond donors (Lipinski definition) is 2. The molecule has 4 nitrogen and oxygen atoms in total. The topological polar surface area (TPSA) is 64.3 Å². The van der Waals surface area contributed by atoms with Crippen LogP contribution in [0, 0.1) is 0 Å². The number of carbonyl (C=O) groups excluding carboxylic acids is 1. The van der Waals surface area contributed by atoms with Gasteiger partial charge in [-0.3, -0.25) is 4.79 Å². The fourth-order valence-corrected chi connectivity index (χ4v) is 2.64. The first-order chi connectivity index (χ1) is 12.0. The fourth-order valence-electron chi connectivity index (χ4n) is 2.64. The normalized spacial score (nSPS) is 12.0.